The fourth-order valence-corrected chi connectivity index (χ4v) is 14.1. The molecule has 42 heavy (non-hydrogen) atoms. The van der Waals surface area contributed by atoms with Crippen molar-refractivity contribution in [3.8, 4) is 0 Å². The van der Waals surface area contributed by atoms with Gasteiger partial charge in [-0.3, -0.25) is 0 Å². The van der Waals surface area contributed by atoms with Crippen molar-refractivity contribution in [3.05, 3.63) is 0 Å². The molecule has 0 aromatic carbocycles. The SMILES string of the molecule is CCCCCCCCCCCCCCP(Cl)(CCCCCC)(CCCCCC)CCCCCCCCCCCCCC. The van der Waals surface area contributed by atoms with Gasteiger partial charge in [-0.05, 0) is 0 Å². The van der Waals surface area contributed by atoms with Crippen LogP contribution in [0.3, 0.4) is 0 Å². The Morgan fingerprint density at radius 2 is 0.381 bits per heavy atom. The maximum absolute atomic E-state index is 8.15. The molecule has 0 amide bonds. The molecule has 0 fully saturated rings. The van der Waals surface area contributed by atoms with Crippen LogP contribution < -0.4 is 0 Å². The summed E-state index contributed by atoms with van der Waals surface area (Å²) in [4.78, 5) is 0. The number of halogens is 1. The Labute approximate surface area is 274 Å². The standard InChI is InChI=1S/C40H84ClP/c1-5-9-13-17-19-21-23-25-27-29-31-35-39-42(41,37-33-15-11-7-3,38-34-16-12-8-4)40-36-32-30-28-26-24-22-20-18-14-10-6-2/h5-40H2,1-4H3. The van der Waals surface area contributed by atoms with Gasteiger partial charge in [-0.15, -0.1) is 0 Å². The summed E-state index contributed by atoms with van der Waals surface area (Å²) in [7, 11) is 0. The molecule has 0 heterocycles. The number of hydrogen-bond donors (Lipinski definition) is 0. The summed E-state index contributed by atoms with van der Waals surface area (Å²) >= 11 is 8.15. The Kier molecular flexibility index (Phi) is 32.2. The second-order valence-corrected chi connectivity index (χ2v) is 22.9. The van der Waals surface area contributed by atoms with Gasteiger partial charge in [-0.2, -0.15) is 0 Å². The molecule has 256 valence electrons. The minimum atomic E-state index is -2.12. The van der Waals surface area contributed by atoms with E-state index in [-0.39, 0.29) is 0 Å². The second-order valence-electron chi connectivity index (χ2n) is 14.6. The van der Waals surface area contributed by atoms with Crippen molar-refractivity contribution >= 4 is 17.2 Å². The molecule has 0 atom stereocenters. The summed E-state index contributed by atoms with van der Waals surface area (Å²) < 4.78 is 0. The molecule has 0 nitrogen and oxygen atoms in total. The zero-order valence-corrected chi connectivity index (χ0v) is 31.9. The van der Waals surface area contributed by atoms with Crippen molar-refractivity contribution < 1.29 is 0 Å². The van der Waals surface area contributed by atoms with E-state index in [1.54, 1.807) is 0 Å². The van der Waals surface area contributed by atoms with E-state index in [1.165, 1.54) is 230 Å². The molecule has 0 N–H and O–H groups in total. The molecule has 0 bridgehead atoms. The first-order chi connectivity index (χ1) is 20.5. The molecule has 0 aromatic rings. The summed E-state index contributed by atoms with van der Waals surface area (Å²) in [6.45, 7) is 9.34. The van der Waals surface area contributed by atoms with Crippen LogP contribution in [0, 0.1) is 0 Å². The molecule has 0 saturated carbocycles. The number of rotatable bonds is 36. The predicted octanol–water partition coefficient (Wildman–Crippen LogP) is 16.3. The van der Waals surface area contributed by atoms with E-state index in [2.05, 4.69) is 27.7 Å². The van der Waals surface area contributed by atoms with Gasteiger partial charge in [0.05, 0.1) is 0 Å². The predicted molar refractivity (Wildman–Crippen MR) is 203 cm³/mol. The molecular weight excluding hydrogens is 547 g/mol. The van der Waals surface area contributed by atoms with Crippen LogP contribution >= 0.6 is 17.2 Å². The first-order valence-electron chi connectivity index (χ1n) is 20.3. The maximum atomic E-state index is 8.15. The first-order valence-corrected chi connectivity index (χ1v) is 24.1. The number of hydrogen-bond acceptors (Lipinski definition) is 0. The molecule has 0 spiro atoms. The molecule has 0 aromatic heterocycles. The van der Waals surface area contributed by atoms with Crippen LogP contribution in [0.2, 0.25) is 0 Å². The Morgan fingerprint density at radius 3 is 0.571 bits per heavy atom. The smallest absolute Gasteiger partial charge is 0.0654 e. The monoisotopic (exact) mass is 631 g/mol. The van der Waals surface area contributed by atoms with E-state index in [0.717, 1.165) is 0 Å². The van der Waals surface area contributed by atoms with Crippen LogP contribution in [-0.4, -0.2) is 24.6 Å². The topological polar surface area (TPSA) is 0 Å². The second kappa shape index (κ2) is 31.7. The van der Waals surface area contributed by atoms with Gasteiger partial charge in [-0.1, -0.05) is 26.7 Å². The average molecular weight is 632 g/mol. The van der Waals surface area contributed by atoms with Crippen molar-refractivity contribution in [3.63, 3.8) is 0 Å². The van der Waals surface area contributed by atoms with E-state index in [0.29, 0.717) is 0 Å². The van der Waals surface area contributed by atoms with E-state index < -0.39 is 5.96 Å². The molecule has 0 aliphatic heterocycles. The minimum Gasteiger partial charge on any atom is -0.0654 e. The van der Waals surface area contributed by atoms with E-state index in [4.69, 9.17) is 11.2 Å². The van der Waals surface area contributed by atoms with E-state index in [1.807, 2.05) is 0 Å². The van der Waals surface area contributed by atoms with E-state index in [9.17, 15) is 0 Å². The van der Waals surface area contributed by atoms with Gasteiger partial charge >= 0.3 is 248 Å². The van der Waals surface area contributed by atoms with Crippen molar-refractivity contribution in [2.24, 2.45) is 0 Å². The molecule has 0 unspecified atom stereocenters. The third kappa shape index (κ3) is 27.1. The van der Waals surface area contributed by atoms with Crippen molar-refractivity contribution in [2.75, 3.05) is 24.6 Å². The van der Waals surface area contributed by atoms with Crippen LogP contribution in [-0.2, 0) is 0 Å². The normalized spacial score (nSPS) is 13.0. The molecule has 0 aliphatic carbocycles. The average Bonchev–Trinajstić information content (AvgIpc) is 2.99. The van der Waals surface area contributed by atoms with Crippen LogP contribution in [0.1, 0.15) is 233 Å². The van der Waals surface area contributed by atoms with Gasteiger partial charge in [-0.25, -0.2) is 0 Å². The van der Waals surface area contributed by atoms with Gasteiger partial charge in [0.15, 0.2) is 0 Å². The van der Waals surface area contributed by atoms with Gasteiger partial charge in [0, 0.05) is 0 Å². The fourth-order valence-electron chi connectivity index (χ4n) is 7.23. The van der Waals surface area contributed by atoms with Crippen LogP contribution in [0.4, 0.5) is 0 Å². The summed E-state index contributed by atoms with van der Waals surface area (Å²) in [5.74, 6) is -2.12. The minimum absolute atomic E-state index is 1.34. The van der Waals surface area contributed by atoms with Gasteiger partial charge in [0.2, 0.25) is 0 Å². The molecule has 2 heteroatoms. The molecule has 0 rings (SSSR count). The number of unbranched alkanes of at least 4 members (excludes halogenated alkanes) is 28. The zero-order chi connectivity index (χ0) is 30.9. The molecule has 0 saturated heterocycles. The van der Waals surface area contributed by atoms with Crippen molar-refractivity contribution in [1.29, 1.82) is 0 Å². The molecule has 0 radical (unpaired) electrons. The molecular formula is C40H84ClP. The first kappa shape index (κ1) is 42.7. The fraction of sp³-hybridized carbons (Fsp3) is 1.00. The quantitative estimate of drug-likeness (QED) is 0.0477. The van der Waals surface area contributed by atoms with Gasteiger partial charge in [0.1, 0.15) is 0 Å². The van der Waals surface area contributed by atoms with Crippen molar-refractivity contribution in [2.45, 2.75) is 233 Å². The van der Waals surface area contributed by atoms with Crippen LogP contribution in [0.25, 0.3) is 0 Å². The summed E-state index contributed by atoms with van der Waals surface area (Å²) in [6, 6.07) is 0. The summed E-state index contributed by atoms with van der Waals surface area (Å²) in [6.07, 6.45) is 51.4. The molecule has 0 aliphatic rings. The third-order valence-electron chi connectivity index (χ3n) is 10.3. The third-order valence-corrected chi connectivity index (χ3v) is 18.0. The Morgan fingerprint density at radius 1 is 0.238 bits per heavy atom. The van der Waals surface area contributed by atoms with Gasteiger partial charge in [0.25, 0.3) is 0 Å². The zero-order valence-electron chi connectivity index (χ0n) is 30.3. The van der Waals surface area contributed by atoms with Crippen LogP contribution in [0.15, 0.2) is 0 Å². The van der Waals surface area contributed by atoms with Crippen molar-refractivity contribution in [1.82, 2.24) is 0 Å². The Bertz CT molecular complexity index is 474. The van der Waals surface area contributed by atoms with E-state index >= 15 is 0 Å². The Hall–Kier alpha value is 0.720. The summed E-state index contributed by atoms with van der Waals surface area (Å²) in [5, 5.41) is 0. The Balaban J connectivity index is 4.60. The van der Waals surface area contributed by atoms with Gasteiger partial charge < -0.3 is 0 Å². The van der Waals surface area contributed by atoms with Crippen LogP contribution in [0.5, 0.6) is 0 Å². The summed E-state index contributed by atoms with van der Waals surface area (Å²) in [5.41, 5.74) is 0.